The van der Waals surface area contributed by atoms with Gasteiger partial charge in [-0.3, -0.25) is 4.79 Å². The molecule has 0 unspecified atom stereocenters. The van der Waals surface area contributed by atoms with Gasteiger partial charge in [-0.2, -0.15) is 0 Å². The SMILES string of the molecule is CC(=O)OCc1cccc2[nH]cnc12. The number of nitrogens with one attached hydrogen (secondary N) is 1. The van der Waals surface area contributed by atoms with Crippen LogP contribution in [-0.2, 0) is 16.1 Å². The van der Waals surface area contributed by atoms with Gasteiger partial charge in [0.25, 0.3) is 0 Å². The number of carbonyl (C=O) groups excluding carboxylic acids is 1. The third-order valence-electron chi connectivity index (χ3n) is 1.96. The predicted molar refractivity (Wildman–Crippen MR) is 51.6 cm³/mol. The summed E-state index contributed by atoms with van der Waals surface area (Å²) >= 11 is 0. The second kappa shape index (κ2) is 3.49. The zero-order valence-corrected chi connectivity index (χ0v) is 7.78. The molecule has 0 saturated heterocycles. The van der Waals surface area contributed by atoms with Crippen LogP contribution in [0.3, 0.4) is 0 Å². The van der Waals surface area contributed by atoms with Crippen LogP contribution in [0.25, 0.3) is 11.0 Å². The molecular weight excluding hydrogens is 180 g/mol. The molecule has 0 spiro atoms. The van der Waals surface area contributed by atoms with E-state index in [0.717, 1.165) is 16.6 Å². The number of H-pyrrole nitrogens is 1. The van der Waals surface area contributed by atoms with Crippen LogP contribution in [0.15, 0.2) is 24.5 Å². The van der Waals surface area contributed by atoms with Gasteiger partial charge in [-0.1, -0.05) is 12.1 Å². The smallest absolute Gasteiger partial charge is 0.302 e. The fourth-order valence-corrected chi connectivity index (χ4v) is 1.32. The average Bonchev–Trinajstić information content (AvgIpc) is 2.62. The number of hydrogen-bond donors (Lipinski definition) is 1. The molecule has 0 radical (unpaired) electrons. The van der Waals surface area contributed by atoms with Gasteiger partial charge in [-0.05, 0) is 6.07 Å². The number of fused-ring (bicyclic) bond motifs is 1. The van der Waals surface area contributed by atoms with Crippen LogP contribution in [0, 0.1) is 0 Å². The minimum atomic E-state index is -0.280. The molecule has 0 aliphatic carbocycles. The van der Waals surface area contributed by atoms with Gasteiger partial charge in [0.1, 0.15) is 6.61 Å². The maximum absolute atomic E-state index is 10.6. The number of benzene rings is 1. The first-order chi connectivity index (χ1) is 6.77. The second-order valence-electron chi connectivity index (χ2n) is 3.00. The van der Waals surface area contributed by atoms with Gasteiger partial charge in [-0.25, -0.2) is 4.98 Å². The first-order valence-electron chi connectivity index (χ1n) is 4.31. The van der Waals surface area contributed by atoms with E-state index < -0.39 is 0 Å². The summed E-state index contributed by atoms with van der Waals surface area (Å²) in [5, 5.41) is 0. The van der Waals surface area contributed by atoms with Gasteiger partial charge in [0.15, 0.2) is 0 Å². The van der Waals surface area contributed by atoms with Gasteiger partial charge in [0.05, 0.1) is 17.4 Å². The van der Waals surface area contributed by atoms with E-state index in [1.165, 1.54) is 6.92 Å². The third-order valence-corrected chi connectivity index (χ3v) is 1.96. The fourth-order valence-electron chi connectivity index (χ4n) is 1.32. The summed E-state index contributed by atoms with van der Waals surface area (Å²) in [6, 6.07) is 5.73. The number of para-hydroxylation sites is 1. The zero-order valence-electron chi connectivity index (χ0n) is 7.78. The molecule has 0 bridgehead atoms. The van der Waals surface area contributed by atoms with Crippen molar-refractivity contribution >= 4 is 17.0 Å². The highest BCUT2D eigenvalue weighted by molar-refractivity contribution is 5.78. The molecule has 1 N–H and O–H groups in total. The highest BCUT2D eigenvalue weighted by Crippen LogP contribution is 2.15. The molecule has 4 nitrogen and oxygen atoms in total. The minimum Gasteiger partial charge on any atom is -0.461 e. The lowest BCUT2D eigenvalue weighted by Gasteiger charge is -2.02. The Morgan fingerprint density at radius 3 is 3.21 bits per heavy atom. The van der Waals surface area contributed by atoms with E-state index in [1.807, 2.05) is 18.2 Å². The number of ether oxygens (including phenoxy) is 1. The Bertz CT molecular complexity index is 462. The number of aromatic amines is 1. The van der Waals surface area contributed by atoms with Crippen LogP contribution in [0.2, 0.25) is 0 Å². The van der Waals surface area contributed by atoms with Crippen molar-refractivity contribution < 1.29 is 9.53 Å². The molecule has 1 aromatic heterocycles. The molecule has 14 heavy (non-hydrogen) atoms. The zero-order chi connectivity index (χ0) is 9.97. The summed E-state index contributed by atoms with van der Waals surface area (Å²) in [7, 11) is 0. The van der Waals surface area contributed by atoms with Crippen molar-refractivity contribution in [2.75, 3.05) is 0 Å². The van der Waals surface area contributed by atoms with Crippen LogP contribution in [0.1, 0.15) is 12.5 Å². The molecular formula is C10H10N2O2. The lowest BCUT2D eigenvalue weighted by Crippen LogP contribution is -1.99. The van der Waals surface area contributed by atoms with Crippen LogP contribution in [0.5, 0.6) is 0 Å². The normalized spacial score (nSPS) is 10.4. The molecule has 1 aromatic carbocycles. The lowest BCUT2D eigenvalue weighted by molar-refractivity contribution is -0.142. The Morgan fingerprint density at radius 2 is 2.43 bits per heavy atom. The number of nitrogens with zero attached hydrogens (tertiary/aromatic N) is 1. The van der Waals surface area contributed by atoms with E-state index in [1.54, 1.807) is 6.33 Å². The van der Waals surface area contributed by atoms with Crippen molar-refractivity contribution in [1.82, 2.24) is 9.97 Å². The molecule has 1 heterocycles. The molecule has 0 aliphatic heterocycles. The first kappa shape index (κ1) is 8.74. The number of hydrogen-bond acceptors (Lipinski definition) is 3. The summed E-state index contributed by atoms with van der Waals surface area (Å²) < 4.78 is 4.91. The van der Waals surface area contributed by atoms with Crippen molar-refractivity contribution in [3.63, 3.8) is 0 Å². The lowest BCUT2D eigenvalue weighted by atomic mass is 10.2. The third kappa shape index (κ3) is 1.59. The predicted octanol–water partition coefficient (Wildman–Crippen LogP) is 1.63. The molecule has 72 valence electrons. The van der Waals surface area contributed by atoms with Crippen LogP contribution in [-0.4, -0.2) is 15.9 Å². The summed E-state index contributed by atoms with van der Waals surface area (Å²) in [6.07, 6.45) is 1.63. The highest BCUT2D eigenvalue weighted by atomic mass is 16.5. The Hall–Kier alpha value is -1.84. The van der Waals surface area contributed by atoms with Gasteiger partial charge < -0.3 is 9.72 Å². The Morgan fingerprint density at radius 1 is 1.57 bits per heavy atom. The monoisotopic (exact) mass is 190 g/mol. The van der Waals surface area contributed by atoms with Crippen LogP contribution >= 0.6 is 0 Å². The van der Waals surface area contributed by atoms with Gasteiger partial charge in [0, 0.05) is 12.5 Å². The Labute approximate surface area is 80.9 Å². The molecule has 0 atom stereocenters. The van der Waals surface area contributed by atoms with Gasteiger partial charge >= 0.3 is 5.97 Å². The summed E-state index contributed by atoms with van der Waals surface area (Å²) in [6.45, 7) is 1.67. The van der Waals surface area contributed by atoms with E-state index in [4.69, 9.17) is 4.74 Å². The van der Waals surface area contributed by atoms with Gasteiger partial charge in [0.2, 0.25) is 0 Å². The van der Waals surface area contributed by atoms with Crippen molar-refractivity contribution in [3.05, 3.63) is 30.1 Å². The van der Waals surface area contributed by atoms with E-state index in [0.29, 0.717) is 0 Å². The number of imidazole rings is 1. The van der Waals surface area contributed by atoms with E-state index in [9.17, 15) is 4.79 Å². The number of esters is 1. The standard InChI is InChI=1S/C10H10N2O2/c1-7(13)14-5-8-3-2-4-9-10(8)12-6-11-9/h2-4,6H,5H2,1H3,(H,11,12). The summed E-state index contributed by atoms with van der Waals surface area (Å²) in [5.41, 5.74) is 2.72. The molecule has 0 aliphatic rings. The largest absolute Gasteiger partial charge is 0.461 e. The Balaban J connectivity index is 2.32. The molecule has 2 aromatic rings. The fraction of sp³-hybridized carbons (Fsp3) is 0.200. The van der Waals surface area contributed by atoms with Crippen LogP contribution in [0.4, 0.5) is 0 Å². The number of carbonyl (C=O) groups is 1. The maximum atomic E-state index is 10.6. The topological polar surface area (TPSA) is 55.0 Å². The summed E-state index contributed by atoms with van der Waals surface area (Å²) in [4.78, 5) is 17.8. The molecule has 0 saturated carbocycles. The Kier molecular flexibility index (Phi) is 2.18. The average molecular weight is 190 g/mol. The summed E-state index contributed by atoms with van der Waals surface area (Å²) in [5.74, 6) is -0.280. The number of rotatable bonds is 2. The highest BCUT2D eigenvalue weighted by Gasteiger charge is 2.03. The van der Waals surface area contributed by atoms with Crippen molar-refractivity contribution in [2.24, 2.45) is 0 Å². The van der Waals surface area contributed by atoms with E-state index in [-0.39, 0.29) is 12.6 Å². The minimum absolute atomic E-state index is 0.275. The first-order valence-corrected chi connectivity index (χ1v) is 4.31. The quantitative estimate of drug-likeness (QED) is 0.732. The maximum Gasteiger partial charge on any atom is 0.302 e. The van der Waals surface area contributed by atoms with Crippen molar-refractivity contribution in [3.8, 4) is 0 Å². The second-order valence-corrected chi connectivity index (χ2v) is 3.00. The molecule has 0 fully saturated rings. The number of aromatic nitrogens is 2. The van der Waals surface area contributed by atoms with E-state index in [2.05, 4.69) is 9.97 Å². The molecule has 4 heteroatoms. The van der Waals surface area contributed by atoms with Gasteiger partial charge in [-0.15, -0.1) is 0 Å². The van der Waals surface area contributed by atoms with Crippen LogP contribution < -0.4 is 0 Å². The van der Waals surface area contributed by atoms with Crippen molar-refractivity contribution in [2.45, 2.75) is 13.5 Å². The van der Waals surface area contributed by atoms with Crippen molar-refractivity contribution in [1.29, 1.82) is 0 Å². The van der Waals surface area contributed by atoms with E-state index >= 15 is 0 Å². The molecule has 0 amide bonds. The molecule has 2 rings (SSSR count).